The zero-order valence-electron chi connectivity index (χ0n) is 14.9. The average molecular weight is 365 g/mol. The summed E-state index contributed by atoms with van der Waals surface area (Å²) < 4.78 is 0. The SMILES string of the molecule is N=CC(=CN)c1ccncc1/C=C/C(=O)Nc1ccc(CNCCO)cc1. The lowest BCUT2D eigenvalue weighted by Gasteiger charge is -2.06. The maximum Gasteiger partial charge on any atom is 0.248 e. The molecule has 0 saturated heterocycles. The smallest absolute Gasteiger partial charge is 0.248 e. The summed E-state index contributed by atoms with van der Waals surface area (Å²) in [5.74, 6) is -0.274. The van der Waals surface area contributed by atoms with E-state index in [9.17, 15) is 4.79 Å². The average Bonchev–Trinajstić information content (AvgIpc) is 2.70. The van der Waals surface area contributed by atoms with Crippen LogP contribution in [0.2, 0.25) is 0 Å². The Morgan fingerprint density at radius 1 is 1.26 bits per heavy atom. The molecule has 0 atom stereocenters. The highest BCUT2D eigenvalue weighted by atomic mass is 16.3. The van der Waals surface area contributed by atoms with Crippen molar-refractivity contribution in [1.82, 2.24) is 10.3 Å². The van der Waals surface area contributed by atoms with Gasteiger partial charge in [0.1, 0.15) is 0 Å². The molecule has 2 aromatic rings. The molecule has 2 rings (SSSR count). The van der Waals surface area contributed by atoms with Crippen molar-refractivity contribution < 1.29 is 9.90 Å². The molecule has 1 aromatic heterocycles. The van der Waals surface area contributed by atoms with Gasteiger partial charge in [-0.15, -0.1) is 0 Å². The van der Waals surface area contributed by atoms with Crippen LogP contribution in [0.1, 0.15) is 16.7 Å². The first-order valence-electron chi connectivity index (χ1n) is 8.44. The number of allylic oxidation sites excluding steroid dienone is 1. The van der Waals surface area contributed by atoms with Gasteiger partial charge in [-0.1, -0.05) is 12.1 Å². The Kier molecular flexibility index (Phi) is 7.90. The molecule has 140 valence electrons. The minimum Gasteiger partial charge on any atom is -0.404 e. The van der Waals surface area contributed by atoms with E-state index in [0.717, 1.165) is 17.3 Å². The second-order valence-corrected chi connectivity index (χ2v) is 5.65. The van der Waals surface area contributed by atoms with Crippen LogP contribution in [0, 0.1) is 5.41 Å². The van der Waals surface area contributed by atoms with E-state index in [2.05, 4.69) is 15.6 Å². The number of nitrogens with two attached hydrogens (primary N) is 1. The lowest BCUT2D eigenvalue weighted by atomic mass is 10.0. The molecule has 6 N–H and O–H groups in total. The van der Waals surface area contributed by atoms with Gasteiger partial charge in [0.2, 0.25) is 5.91 Å². The third-order valence-corrected chi connectivity index (χ3v) is 3.75. The van der Waals surface area contributed by atoms with Crippen molar-refractivity contribution in [3.05, 3.63) is 71.7 Å². The molecule has 0 bridgehead atoms. The number of nitrogens with zero attached hydrogens (tertiary/aromatic N) is 1. The van der Waals surface area contributed by atoms with Crippen LogP contribution < -0.4 is 16.4 Å². The Morgan fingerprint density at radius 2 is 2.04 bits per heavy atom. The summed E-state index contributed by atoms with van der Waals surface area (Å²) in [6.07, 6.45) is 8.77. The van der Waals surface area contributed by atoms with E-state index in [0.29, 0.717) is 29.9 Å². The molecule has 7 heteroatoms. The fraction of sp³-hybridized carbons (Fsp3) is 0.150. The monoisotopic (exact) mass is 365 g/mol. The second kappa shape index (κ2) is 10.6. The zero-order chi connectivity index (χ0) is 19.5. The maximum absolute atomic E-state index is 12.2. The summed E-state index contributed by atoms with van der Waals surface area (Å²) in [5, 5.41) is 22.1. The van der Waals surface area contributed by atoms with Crippen LogP contribution in [0.25, 0.3) is 11.6 Å². The summed E-state index contributed by atoms with van der Waals surface area (Å²) in [4.78, 5) is 16.2. The van der Waals surface area contributed by atoms with Crippen LogP contribution in [0.3, 0.4) is 0 Å². The number of benzene rings is 1. The molecule has 27 heavy (non-hydrogen) atoms. The number of aliphatic hydroxyl groups excluding tert-OH is 1. The van der Waals surface area contributed by atoms with Crippen LogP contribution in [0.15, 0.2) is 55.0 Å². The number of aromatic nitrogens is 1. The van der Waals surface area contributed by atoms with E-state index in [1.54, 1.807) is 24.5 Å². The third kappa shape index (κ3) is 6.18. The van der Waals surface area contributed by atoms with Crippen molar-refractivity contribution in [3.8, 4) is 0 Å². The minimum absolute atomic E-state index is 0.0987. The van der Waals surface area contributed by atoms with Crippen molar-refractivity contribution in [2.75, 3.05) is 18.5 Å². The molecule has 0 aliphatic rings. The molecule has 1 amide bonds. The number of aliphatic hydroxyl groups is 1. The number of carbonyl (C=O) groups is 1. The number of pyridine rings is 1. The summed E-state index contributed by atoms with van der Waals surface area (Å²) in [6.45, 7) is 1.29. The van der Waals surface area contributed by atoms with Crippen molar-refractivity contribution in [3.63, 3.8) is 0 Å². The van der Waals surface area contributed by atoms with Gasteiger partial charge in [0.25, 0.3) is 0 Å². The number of anilines is 1. The number of amides is 1. The predicted molar refractivity (Wildman–Crippen MR) is 108 cm³/mol. The molecule has 0 unspecified atom stereocenters. The van der Waals surface area contributed by atoms with Gasteiger partial charge in [0.15, 0.2) is 0 Å². The van der Waals surface area contributed by atoms with Crippen LogP contribution in [0.4, 0.5) is 5.69 Å². The highest BCUT2D eigenvalue weighted by Crippen LogP contribution is 2.17. The van der Waals surface area contributed by atoms with Gasteiger partial charge >= 0.3 is 0 Å². The van der Waals surface area contributed by atoms with Crippen molar-refractivity contribution in [2.24, 2.45) is 5.73 Å². The molecule has 0 aliphatic heterocycles. The van der Waals surface area contributed by atoms with Crippen LogP contribution >= 0.6 is 0 Å². The first-order valence-corrected chi connectivity index (χ1v) is 8.44. The first kappa shape index (κ1) is 20.0. The van der Waals surface area contributed by atoms with Crippen molar-refractivity contribution in [1.29, 1.82) is 5.41 Å². The molecule has 0 fully saturated rings. The summed E-state index contributed by atoms with van der Waals surface area (Å²) >= 11 is 0. The Hall–Kier alpha value is -3.29. The third-order valence-electron chi connectivity index (χ3n) is 3.75. The Labute approximate surface area is 158 Å². The molecular weight excluding hydrogens is 342 g/mol. The second-order valence-electron chi connectivity index (χ2n) is 5.65. The van der Waals surface area contributed by atoms with Gasteiger partial charge in [-0.05, 0) is 35.4 Å². The van der Waals surface area contributed by atoms with E-state index in [4.69, 9.17) is 16.2 Å². The molecule has 0 saturated carbocycles. The topological polar surface area (TPSA) is 124 Å². The molecule has 0 aliphatic carbocycles. The maximum atomic E-state index is 12.2. The predicted octanol–water partition coefficient (Wildman–Crippen LogP) is 1.76. The van der Waals surface area contributed by atoms with E-state index < -0.39 is 0 Å². The normalized spacial score (nSPS) is 11.5. The quantitative estimate of drug-likeness (QED) is 0.263. The van der Waals surface area contributed by atoms with E-state index >= 15 is 0 Å². The summed E-state index contributed by atoms with van der Waals surface area (Å²) in [5.41, 5.74) is 9.25. The van der Waals surface area contributed by atoms with Crippen molar-refractivity contribution in [2.45, 2.75) is 6.54 Å². The highest BCUT2D eigenvalue weighted by molar-refractivity contribution is 6.10. The molecule has 0 spiro atoms. The standard InChI is InChI=1S/C20H23N5O2/c21-11-17(12-22)19-7-8-23-14-16(19)3-6-20(27)25-18-4-1-15(2-5-18)13-24-9-10-26/h1-8,11-12,14,21,24,26H,9-10,13,22H2,(H,25,27)/b6-3+,17-12?,21-11?. The van der Waals surface area contributed by atoms with Gasteiger partial charge in [0.05, 0.1) is 6.61 Å². The summed E-state index contributed by atoms with van der Waals surface area (Å²) in [6, 6.07) is 9.20. The molecule has 1 heterocycles. The van der Waals surface area contributed by atoms with Gasteiger partial charge in [-0.25, -0.2) is 0 Å². The van der Waals surface area contributed by atoms with E-state index in [1.165, 1.54) is 12.3 Å². The first-order chi connectivity index (χ1) is 13.2. The van der Waals surface area contributed by atoms with Crippen LogP contribution in [0.5, 0.6) is 0 Å². The van der Waals surface area contributed by atoms with E-state index in [1.807, 2.05) is 24.3 Å². The van der Waals surface area contributed by atoms with Crippen molar-refractivity contribution >= 4 is 29.5 Å². The van der Waals surface area contributed by atoms with Crippen LogP contribution in [-0.2, 0) is 11.3 Å². The number of rotatable bonds is 9. The Balaban J connectivity index is 2.01. The number of nitrogens with one attached hydrogen (secondary N) is 3. The number of carbonyl (C=O) groups excluding carboxylic acids is 1. The van der Waals surface area contributed by atoms with E-state index in [-0.39, 0.29) is 12.5 Å². The van der Waals surface area contributed by atoms with Gasteiger partial charge < -0.3 is 26.9 Å². The molecule has 7 nitrogen and oxygen atoms in total. The Bertz CT molecular complexity index is 829. The highest BCUT2D eigenvalue weighted by Gasteiger charge is 2.04. The largest absolute Gasteiger partial charge is 0.404 e. The number of hydrogen-bond acceptors (Lipinski definition) is 6. The molecule has 1 aromatic carbocycles. The van der Waals surface area contributed by atoms with Gasteiger partial charge in [0, 0.05) is 60.8 Å². The number of hydrogen-bond donors (Lipinski definition) is 5. The lowest BCUT2D eigenvalue weighted by molar-refractivity contribution is -0.111. The van der Waals surface area contributed by atoms with Crippen LogP contribution in [-0.4, -0.2) is 35.4 Å². The summed E-state index contributed by atoms with van der Waals surface area (Å²) in [7, 11) is 0. The minimum atomic E-state index is -0.274. The molecular formula is C20H23N5O2. The van der Waals surface area contributed by atoms with Gasteiger partial charge in [-0.3, -0.25) is 9.78 Å². The lowest BCUT2D eigenvalue weighted by Crippen LogP contribution is -2.17. The van der Waals surface area contributed by atoms with Gasteiger partial charge in [-0.2, -0.15) is 0 Å². The Morgan fingerprint density at radius 3 is 2.70 bits per heavy atom. The fourth-order valence-electron chi connectivity index (χ4n) is 2.39. The molecule has 0 radical (unpaired) electrons. The zero-order valence-corrected chi connectivity index (χ0v) is 14.9. The fourth-order valence-corrected chi connectivity index (χ4v) is 2.39.